The fourth-order valence-corrected chi connectivity index (χ4v) is 0.610. The zero-order valence-electron chi connectivity index (χ0n) is 6.80. The summed E-state index contributed by atoms with van der Waals surface area (Å²) in [4.78, 5) is 21.3. The second-order valence-electron chi connectivity index (χ2n) is 1.74. The van der Waals surface area contributed by atoms with Crippen LogP contribution in [0.4, 0.5) is 0 Å². The van der Waals surface area contributed by atoms with Gasteiger partial charge >= 0.3 is 11.9 Å². The molecule has 0 fully saturated rings. The molecule has 4 nitrogen and oxygen atoms in total. The summed E-state index contributed by atoms with van der Waals surface area (Å²) in [5.41, 5.74) is 0. The summed E-state index contributed by atoms with van der Waals surface area (Å²) >= 11 is 5.35. The van der Waals surface area contributed by atoms with Gasteiger partial charge < -0.3 is 9.47 Å². The van der Waals surface area contributed by atoms with Crippen molar-refractivity contribution < 1.29 is 19.1 Å². The first-order valence-electron chi connectivity index (χ1n) is 3.24. The van der Waals surface area contributed by atoms with Crippen LogP contribution < -0.4 is 0 Å². The van der Waals surface area contributed by atoms with Crippen LogP contribution in [0.15, 0.2) is 11.1 Å². The Hall–Kier alpha value is -1.03. The Bertz CT molecular complexity index is 209. The van der Waals surface area contributed by atoms with Crippen LogP contribution in [0, 0.1) is 0 Å². The third-order valence-electron chi connectivity index (χ3n) is 0.912. The van der Waals surface area contributed by atoms with Crippen molar-refractivity contribution in [1.82, 2.24) is 0 Å². The van der Waals surface area contributed by atoms with Crippen molar-refractivity contribution in [2.45, 2.75) is 6.92 Å². The molecule has 0 aliphatic heterocycles. The van der Waals surface area contributed by atoms with Crippen LogP contribution in [0.1, 0.15) is 6.92 Å². The van der Waals surface area contributed by atoms with Crippen molar-refractivity contribution in [1.29, 1.82) is 0 Å². The van der Waals surface area contributed by atoms with Crippen molar-refractivity contribution >= 4 is 23.5 Å². The summed E-state index contributed by atoms with van der Waals surface area (Å²) in [6.07, 6.45) is 0.872. The van der Waals surface area contributed by atoms with Crippen molar-refractivity contribution in [2.24, 2.45) is 0 Å². The number of carbonyl (C=O) groups is 2. The second kappa shape index (κ2) is 5.60. The van der Waals surface area contributed by atoms with Gasteiger partial charge in [-0.3, -0.25) is 0 Å². The maximum atomic E-state index is 10.7. The molecule has 0 aliphatic rings. The molecule has 0 aliphatic carbocycles. The highest BCUT2D eigenvalue weighted by atomic mass is 35.5. The van der Waals surface area contributed by atoms with Crippen LogP contribution >= 0.6 is 11.6 Å². The van der Waals surface area contributed by atoms with E-state index in [1.54, 1.807) is 6.92 Å². The molecule has 0 unspecified atom stereocenters. The lowest BCUT2D eigenvalue weighted by Crippen LogP contribution is -2.05. The standard InChI is InChI=1S/C7H9ClO4/c1-3-12-6(9)4-5(8)7(10)11-2/h4H,3H2,1-2H3/b5-4-. The molecule has 0 spiro atoms. The summed E-state index contributed by atoms with van der Waals surface area (Å²) in [7, 11) is 1.17. The number of rotatable bonds is 3. The molecule has 0 rings (SSSR count). The number of halogens is 1. The predicted molar refractivity (Wildman–Crippen MR) is 42.6 cm³/mol. The maximum absolute atomic E-state index is 10.7. The lowest BCUT2D eigenvalue weighted by atomic mass is 10.5. The molecular formula is C7H9ClO4. The van der Waals surface area contributed by atoms with Gasteiger partial charge in [0, 0.05) is 6.08 Å². The average molecular weight is 193 g/mol. The van der Waals surface area contributed by atoms with E-state index in [1.165, 1.54) is 7.11 Å². The molecule has 0 amide bonds. The molecule has 0 aromatic heterocycles. The van der Waals surface area contributed by atoms with Crippen LogP contribution in [0.5, 0.6) is 0 Å². The van der Waals surface area contributed by atoms with Crippen molar-refractivity contribution in [2.75, 3.05) is 13.7 Å². The van der Waals surface area contributed by atoms with Gasteiger partial charge in [-0.05, 0) is 6.92 Å². The highest BCUT2D eigenvalue weighted by Crippen LogP contribution is 2.03. The Labute approximate surface area is 75.1 Å². The van der Waals surface area contributed by atoms with Crippen molar-refractivity contribution in [3.63, 3.8) is 0 Å². The predicted octanol–water partition coefficient (Wildman–Crippen LogP) is 0.845. The first kappa shape index (κ1) is 11.0. The van der Waals surface area contributed by atoms with E-state index in [-0.39, 0.29) is 11.6 Å². The molecule has 0 aromatic rings. The summed E-state index contributed by atoms with van der Waals surface area (Å²) < 4.78 is 8.74. The fraction of sp³-hybridized carbons (Fsp3) is 0.429. The molecule has 0 bridgehead atoms. The zero-order chi connectivity index (χ0) is 9.56. The molecule has 0 saturated heterocycles. The number of methoxy groups -OCH3 is 1. The van der Waals surface area contributed by atoms with Gasteiger partial charge in [0.2, 0.25) is 0 Å². The van der Waals surface area contributed by atoms with E-state index in [0.29, 0.717) is 0 Å². The number of carbonyl (C=O) groups excluding carboxylic acids is 2. The lowest BCUT2D eigenvalue weighted by molar-refractivity contribution is -0.139. The largest absolute Gasteiger partial charge is 0.465 e. The van der Waals surface area contributed by atoms with E-state index in [1.807, 2.05) is 0 Å². The maximum Gasteiger partial charge on any atom is 0.349 e. The minimum atomic E-state index is -0.760. The molecule has 0 radical (unpaired) electrons. The molecule has 68 valence electrons. The van der Waals surface area contributed by atoms with Crippen LogP contribution in [0.2, 0.25) is 0 Å². The van der Waals surface area contributed by atoms with E-state index in [4.69, 9.17) is 11.6 Å². The van der Waals surface area contributed by atoms with Gasteiger partial charge in [-0.1, -0.05) is 11.6 Å². The van der Waals surface area contributed by atoms with E-state index < -0.39 is 11.9 Å². The number of ether oxygens (including phenoxy) is 2. The van der Waals surface area contributed by atoms with E-state index >= 15 is 0 Å². The Morgan fingerprint density at radius 2 is 2.08 bits per heavy atom. The third kappa shape index (κ3) is 3.98. The molecule has 0 N–H and O–H groups in total. The minimum absolute atomic E-state index is 0.237. The molecule has 12 heavy (non-hydrogen) atoms. The summed E-state index contributed by atoms with van der Waals surface area (Å²) in [5, 5.41) is -0.295. The van der Waals surface area contributed by atoms with E-state index in [0.717, 1.165) is 6.08 Å². The highest BCUT2D eigenvalue weighted by molar-refractivity contribution is 6.42. The van der Waals surface area contributed by atoms with Gasteiger partial charge in [0.1, 0.15) is 5.03 Å². The van der Waals surface area contributed by atoms with Gasteiger partial charge in [-0.25, -0.2) is 9.59 Å². The molecule has 5 heteroatoms. The SMILES string of the molecule is CCOC(=O)/C=C(\Cl)C(=O)OC. The minimum Gasteiger partial charge on any atom is -0.465 e. The Kier molecular flexibility index (Phi) is 5.12. The van der Waals surface area contributed by atoms with Crippen LogP contribution in [0.25, 0.3) is 0 Å². The monoisotopic (exact) mass is 192 g/mol. The highest BCUT2D eigenvalue weighted by Gasteiger charge is 2.08. The second-order valence-corrected chi connectivity index (χ2v) is 2.14. The zero-order valence-corrected chi connectivity index (χ0v) is 7.55. The lowest BCUT2D eigenvalue weighted by Gasteiger charge is -1.97. The van der Waals surface area contributed by atoms with Crippen LogP contribution in [-0.4, -0.2) is 25.7 Å². The first-order chi connectivity index (χ1) is 5.61. The quantitative estimate of drug-likeness (QED) is 0.491. The Balaban J connectivity index is 4.15. The molecular weight excluding hydrogens is 184 g/mol. The normalized spacial score (nSPS) is 10.8. The van der Waals surface area contributed by atoms with E-state index in [2.05, 4.69) is 9.47 Å². The van der Waals surface area contributed by atoms with Crippen molar-refractivity contribution in [3.8, 4) is 0 Å². The van der Waals surface area contributed by atoms with Gasteiger partial charge in [0.15, 0.2) is 0 Å². The van der Waals surface area contributed by atoms with Crippen LogP contribution in [-0.2, 0) is 19.1 Å². The fourth-order valence-electron chi connectivity index (χ4n) is 0.444. The third-order valence-corrected chi connectivity index (χ3v) is 1.17. The summed E-state index contributed by atoms with van der Waals surface area (Å²) in [5.74, 6) is -1.42. The molecule has 0 aromatic carbocycles. The number of hydrogen-bond acceptors (Lipinski definition) is 4. The summed E-state index contributed by atoms with van der Waals surface area (Å²) in [6, 6.07) is 0. The topological polar surface area (TPSA) is 52.6 Å². The van der Waals surface area contributed by atoms with Gasteiger partial charge in [0.05, 0.1) is 13.7 Å². The first-order valence-corrected chi connectivity index (χ1v) is 3.61. The van der Waals surface area contributed by atoms with Crippen LogP contribution in [0.3, 0.4) is 0 Å². The summed E-state index contributed by atoms with van der Waals surface area (Å²) in [6.45, 7) is 1.89. The smallest absolute Gasteiger partial charge is 0.349 e. The van der Waals surface area contributed by atoms with Gasteiger partial charge in [-0.15, -0.1) is 0 Å². The Morgan fingerprint density at radius 3 is 2.50 bits per heavy atom. The van der Waals surface area contributed by atoms with Gasteiger partial charge in [0.25, 0.3) is 0 Å². The molecule has 0 atom stereocenters. The molecule has 0 saturated carbocycles. The Morgan fingerprint density at radius 1 is 1.50 bits per heavy atom. The van der Waals surface area contributed by atoms with Gasteiger partial charge in [-0.2, -0.15) is 0 Å². The average Bonchev–Trinajstić information content (AvgIpc) is 2.03. The number of esters is 2. The van der Waals surface area contributed by atoms with Crippen molar-refractivity contribution in [3.05, 3.63) is 11.1 Å². The van der Waals surface area contributed by atoms with E-state index in [9.17, 15) is 9.59 Å². The molecule has 0 heterocycles. The number of hydrogen-bond donors (Lipinski definition) is 0.